The van der Waals surface area contributed by atoms with Crippen molar-refractivity contribution in [3.63, 3.8) is 0 Å². The maximum Gasteiger partial charge on any atom is 0.331 e. The summed E-state index contributed by atoms with van der Waals surface area (Å²) < 4.78 is 5.86. The number of hydrogen-bond donors (Lipinski definition) is 1. The summed E-state index contributed by atoms with van der Waals surface area (Å²) in [4.78, 5) is 25.1. The van der Waals surface area contributed by atoms with Crippen LogP contribution in [0.4, 0.5) is 0 Å². The molecule has 4 atom stereocenters. The van der Waals surface area contributed by atoms with Crippen LogP contribution in [0.5, 0.6) is 0 Å². The molecule has 0 bridgehead atoms. The van der Waals surface area contributed by atoms with Crippen molar-refractivity contribution in [2.45, 2.75) is 79.8 Å². The molecule has 4 nitrogen and oxygen atoms in total. The standard InChI is InChI=1S/C26H38O4/c1-18(2)8-7-11-25(5)12-9-20(17-27)22(28)15-21-16-26(21,6)23(10-13-25)30-24(29)14-19(3)4/h8-10,13-14,21,23,27H,7,11-12,15-17H2,1-6H3/b13-10+,20-9-/t21-,23+,25-,26+/m0/s1. The summed E-state index contributed by atoms with van der Waals surface area (Å²) in [6, 6.07) is 0. The smallest absolute Gasteiger partial charge is 0.331 e. The minimum atomic E-state index is -0.364. The van der Waals surface area contributed by atoms with E-state index in [-0.39, 0.29) is 41.2 Å². The lowest BCUT2D eigenvalue weighted by Gasteiger charge is -2.27. The van der Waals surface area contributed by atoms with Gasteiger partial charge < -0.3 is 9.84 Å². The first-order valence-electron chi connectivity index (χ1n) is 11.0. The molecule has 0 aromatic heterocycles. The number of ketones is 1. The van der Waals surface area contributed by atoms with Crippen molar-refractivity contribution in [2.75, 3.05) is 6.61 Å². The molecule has 0 radical (unpaired) electrons. The van der Waals surface area contributed by atoms with Crippen LogP contribution >= 0.6 is 0 Å². The SMILES string of the molecule is CC(C)=CCC[C@]1(C)/C=C/[C@@H](OC(=O)C=C(C)C)[C@]2(C)C[C@@H]2CC(=O)/C(CO)=C\C1. The number of esters is 1. The van der Waals surface area contributed by atoms with Crippen molar-refractivity contribution in [3.05, 3.63) is 47.1 Å². The third kappa shape index (κ3) is 6.53. The van der Waals surface area contributed by atoms with Gasteiger partial charge in [0.25, 0.3) is 0 Å². The number of aliphatic hydroxyl groups excluding tert-OH is 1. The van der Waals surface area contributed by atoms with Gasteiger partial charge in [0.05, 0.1) is 6.61 Å². The van der Waals surface area contributed by atoms with E-state index in [0.29, 0.717) is 18.4 Å². The van der Waals surface area contributed by atoms with E-state index in [0.717, 1.165) is 24.8 Å². The number of carbonyl (C=O) groups is 2. The zero-order valence-electron chi connectivity index (χ0n) is 19.5. The Bertz CT molecular complexity index is 777. The summed E-state index contributed by atoms with van der Waals surface area (Å²) in [7, 11) is 0. The molecule has 2 aliphatic carbocycles. The van der Waals surface area contributed by atoms with Gasteiger partial charge in [0.1, 0.15) is 6.10 Å². The van der Waals surface area contributed by atoms with Gasteiger partial charge in [-0.3, -0.25) is 4.79 Å². The van der Waals surface area contributed by atoms with Crippen molar-refractivity contribution in [2.24, 2.45) is 16.7 Å². The largest absolute Gasteiger partial charge is 0.454 e. The number of Topliss-reactive ketones (excluding diaryl/α,β-unsaturated/α-hetero) is 1. The van der Waals surface area contributed by atoms with E-state index in [1.807, 2.05) is 26.0 Å². The highest BCUT2D eigenvalue weighted by Crippen LogP contribution is 2.58. The zero-order chi connectivity index (χ0) is 22.5. The molecule has 1 fully saturated rings. The third-order valence-corrected chi connectivity index (χ3v) is 6.47. The summed E-state index contributed by atoms with van der Waals surface area (Å²) >= 11 is 0. The van der Waals surface area contributed by atoms with Crippen LogP contribution in [0.3, 0.4) is 0 Å². The average molecular weight is 415 g/mol. The van der Waals surface area contributed by atoms with Gasteiger partial charge in [0.15, 0.2) is 5.78 Å². The molecule has 0 spiro atoms. The zero-order valence-corrected chi connectivity index (χ0v) is 19.5. The van der Waals surface area contributed by atoms with E-state index >= 15 is 0 Å². The second kappa shape index (κ2) is 9.91. The normalized spacial score (nSPS) is 33.8. The fraction of sp³-hybridized carbons (Fsp3) is 0.615. The first kappa shape index (κ1) is 24.3. The highest BCUT2D eigenvalue weighted by atomic mass is 16.5. The van der Waals surface area contributed by atoms with Crippen LogP contribution in [-0.4, -0.2) is 29.6 Å². The summed E-state index contributed by atoms with van der Waals surface area (Å²) in [6.07, 6.45) is 13.2. The van der Waals surface area contributed by atoms with E-state index in [4.69, 9.17) is 4.74 Å². The van der Waals surface area contributed by atoms with E-state index in [1.54, 1.807) is 0 Å². The fourth-order valence-electron chi connectivity index (χ4n) is 4.16. The molecule has 1 saturated carbocycles. The van der Waals surface area contributed by atoms with Gasteiger partial charge in [-0.05, 0) is 70.8 Å². The van der Waals surface area contributed by atoms with Crippen molar-refractivity contribution in [1.82, 2.24) is 0 Å². The van der Waals surface area contributed by atoms with Crippen molar-refractivity contribution in [3.8, 4) is 0 Å². The second-order valence-corrected chi connectivity index (χ2v) is 10.0. The molecule has 0 amide bonds. The molecule has 0 aromatic rings. The number of aliphatic hydroxyl groups is 1. The van der Waals surface area contributed by atoms with E-state index in [1.165, 1.54) is 11.6 Å². The minimum Gasteiger partial charge on any atom is -0.454 e. The molecular weight excluding hydrogens is 376 g/mol. The molecule has 0 unspecified atom stereocenters. The maximum absolute atomic E-state index is 12.8. The van der Waals surface area contributed by atoms with Crippen LogP contribution in [0.1, 0.15) is 73.6 Å². The van der Waals surface area contributed by atoms with E-state index < -0.39 is 0 Å². The Labute approximate surface area is 181 Å². The van der Waals surface area contributed by atoms with Crippen LogP contribution in [0.15, 0.2) is 47.1 Å². The van der Waals surface area contributed by atoms with Crippen molar-refractivity contribution >= 4 is 11.8 Å². The number of fused-ring (bicyclic) bond motifs is 1. The summed E-state index contributed by atoms with van der Waals surface area (Å²) in [5.41, 5.74) is 2.24. The Kier molecular flexibility index (Phi) is 8.04. The molecule has 2 aliphatic rings. The Balaban J connectivity index is 2.37. The molecule has 166 valence electrons. The Hall–Kier alpha value is -1.94. The van der Waals surface area contributed by atoms with Gasteiger partial charge in [-0.1, -0.05) is 43.2 Å². The second-order valence-electron chi connectivity index (χ2n) is 10.0. The van der Waals surface area contributed by atoms with Crippen LogP contribution in [-0.2, 0) is 14.3 Å². The molecule has 0 saturated heterocycles. The first-order valence-corrected chi connectivity index (χ1v) is 11.0. The Morgan fingerprint density at radius 1 is 1.23 bits per heavy atom. The number of carbonyl (C=O) groups excluding carboxylic acids is 2. The summed E-state index contributed by atoms with van der Waals surface area (Å²) in [6.45, 7) is 12.0. The predicted octanol–water partition coefficient (Wildman–Crippen LogP) is 5.48. The lowest BCUT2D eigenvalue weighted by atomic mass is 9.80. The third-order valence-electron chi connectivity index (χ3n) is 6.47. The quantitative estimate of drug-likeness (QED) is 0.355. The van der Waals surface area contributed by atoms with Gasteiger partial charge >= 0.3 is 5.97 Å². The lowest BCUT2D eigenvalue weighted by molar-refractivity contribution is -0.143. The molecule has 1 N–H and O–H groups in total. The summed E-state index contributed by atoms with van der Waals surface area (Å²) in [5.74, 6) is -0.170. The van der Waals surface area contributed by atoms with Gasteiger partial charge in [-0.2, -0.15) is 0 Å². The summed E-state index contributed by atoms with van der Waals surface area (Å²) in [5, 5.41) is 9.76. The molecule has 0 heterocycles. The molecule has 4 heteroatoms. The topological polar surface area (TPSA) is 63.6 Å². The highest BCUT2D eigenvalue weighted by Gasteiger charge is 2.56. The Morgan fingerprint density at radius 2 is 1.93 bits per heavy atom. The number of rotatable bonds is 6. The number of hydrogen-bond acceptors (Lipinski definition) is 4. The number of ether oxygens (including phenoxy) is 1. The Morgan fingerprint density at radius 3 is 2.53 bits per heavy atom. The van der Waals surface area contributed by atoms with Crippen molar-refractivity contribution in [1.29, 1.82) is 0 Å². The fourth-order valence-corrected chi connectivity index (χ4v) is 4.16. The first-order chi connectivity index (χ1) is 14.0. The molecule has 0 aromatic carbocycles. The lowest BCUT2D eigenvalue weighted by Crippen LogP contribution is -2.27. The van der Waals surface area contributed by atoms with Gasteiger partial charge in [-0.25, -0.2) is 4.79 Å². The van der Waals surface area contributed by atoms with E-state index in [2.05, 4.69) is 39.8 Å². The van der Waals surface area contributed by atoms with Crippen LogP contribution in [0.25, 0.3) is 0 Å². The van der Waals surface area contributed by atoms with Gasteiger partial charge in [0, 0.05) is 23.5 Å². The van der Waals surface area contributed by atoms with Crippen molar-refractivity contribution < 1.29 is 19.4 Å². The van der Waals surface area contributed by atoms with Gasteiger partial charge in [0.2, 0.25) is 0 Å². The molecule has 2 rings (SSSR count). The minimum absolute atomic E-state index is 0.00847. The maximum atomic E-state index is 12.8. The van der Waals surface area contributed by atoms with Gasteiger partial charge in [-0.15, -0.1) is 0 Å². The monoisotopic (exact) mass is 414 g/mol. The van der Waals surface area contributed by atoms with Crippen LogP contribution in [0, 0.1) is 16.7 Å². The highest BCUT2D eigenvalue weighted by molar-refractivity contribution is 5.96. The van der Waals surface area contributed by atoms with Crippen LogP contribution in [0.2, 0.25) is 0 Å². The molecular formula is C26H38O4. The molecule has 30 heavy (non-hydrogen) atoms. The molecule has 0 aliphatic heterocycles. The number of allylic oxidation sites excluding steroid dienone is 5. The van der Waals surface area contributed by atoms with Crippen LogP contribution < -0.4 is 0 Å². The predicted molar refractivity (Wildman–Crippen MR) is 121 cm³/mol. The van der Waals surface area contributed by atoms with E-state index in [9.17, 15) is 14.7 Å². The average Bonchev–Trinajstić information content (AvgIpc) is 3.28.